The molecule has 3 unspecified atom stereocenters. The van der Waals surface area contributed by atoms with Crippen molar-refractivity contribution in [3.05, 3.63) is 0 Å². The van der Waals surface area contributed by atoms with Gasteiger partial charge in [-0.15, -0.1) is 0 Å². The van der Waals surface area contributed by atoms with Gasteiger partial charge in [0.05, 0.1) is 16.6 Å². The molecule has 0 radical (unpaired) electrons. The Morgan fingerprint density at radius 3 is 2.26 bits per heavy atom. The highest BCUT2D eigenvalue weighted by atomic mass is 16.5. The Morgan fingerprint density at radius 1 is 1.21 bits per heavy atom. The third kappa shape index (κ3) is 2.54. The molecule has 2 aliphatic rings. The minimum absolute atomic E-state index is 0.107. The fourth-order valence-corrected chi connectivity index (χ4v) is 4.67. The first-order valence-corrected chi connectivity index (χ1v) is 7.53. The summed E-state index contributed by atoms with van der Waals surface area (Å²) in [6.07, 6.45) is 4.64. The molecule has 1 saturated carbocycles. The van der Waals surface area contributed by atoms with Crippen molar-refractivity contribution in [2.75, 3.05) is 0 Å². The summed E-state index contributed by atoms with van der Waals surface area (Å²) in [6, 6.07) is 0. The van der Waals surface area contributed by atoms with Crippen LogP contribution in [0.15, 0.2) is 0 Å². The van der Waals surface area contributed by atoms with Gasteiger partial charge >= 0.3 is 5.97 Å². The van der Waals surface area contributed by atoms with Crippen LogP contribution in [0.5, 0.6) is 0 Å². The Morgan fingerprint density at radius 2 is 1.84 bits per heavy atom. The summed E-state index contributed by atoms with van der Waals surface area (Å²) in [7, 11) is 0. The van der Waals surface area contributed by atoms with E-state index in [-0.39, 0.29) is 17.1 Å². The normalized spacial score (nSPS) is 41.1. The minimum atomic E-state index is -0.613. The monoisotopic (exact) mass is 268 g/mol. The Hall–Kier alpha value is -0.570. The molecule has 0 aromatic carbocycles. The Bertz CT molecular complexity index is 372. The fourth-order valence-electron chi connectivity index (χ4n) is 4.67. The standard InChI is InChI=1S/C16H28O3/c1-11-7-6-8-16(9-11,13(17)18)12-10-14(2,3)19-15(12,4)5/h11-12H,6-10H2,1-5H3,(H,17,18). The van der Waals surface area contributed by atoms with Crippen LogP contribution in [0.25, 0.3) is 0 Å². The molecule has 0 spiro atoms. The fraction of sp³-hybridized carbons (Fsp3) is 0.938. The average Bonchev–Trinajstić information content (AvgIpc) is 2.46. The predicted octanol–water partition coefficient (Wildman–Crippen LogP) is 3.86. The number of carboxylic acids is 1. The molecule has 1 N–H and O–H groups in total. The highest BCUT2D eigenvalue weighted by Gasteiger charge is 2.59. The highest BCUT2D eigenvalue weighted by molar-refractivity contribution is 5.75. The molecule has 19 heavy (non-hydrogen) atoms. The van der Waals surface area contributed by atoms with Crippen molar-refractivity contribution in [2.45, 2.75) is 77.9 Å². The quantitative estimate of drug-likeness (QED) is 0.827. The van der Waals surface area contributed by atoms with E-state index in [0.29, 0.717) is 5.92 Å². The first-order valence-electron chi connectivity index (χ1n) is 7.53. The Kier molecular flexibility index (Phi) is 3.49. The summed E-state index contributed by atoms with van der Waals surface area (Å²) in [5, 5.41) is 9.91. The number of carboxylic acid groups (broad SMARTS) is 1. The number of rotatable bonds is 2. The SMILES string of the molecule is CC1CCCC(C(=O)O)(C2CC(C)(C)OC2(C)C)C1. The molecule has 1 aliphatic heterocycles. The zero-order valence-corrected chi connectivity index (χ0v) is 13.0. The van der Waals surface area contributed by atoms with Gasteiger partial charge in [0, 0.05) is 5.92 Å². The number of hydrogen-bond acceptors (Lipinski definition) is 2. The molecular formula is C16H28O3. The lowest BCUT2D eigenvalue weighted by Gasteiger charge is -2.45. The van der Waals surface area contributed by atoms with Crippen molar-refractivity contribution in [2.24, 2.45) is 17.3 Å². The molecule has 2 fully saturated rings. The number of ether oxygens (including phenoxy) is 1. The molecule has 3 nitrogen and oxygen atoms in total. The van der Waals surface area contributed by atoms with Crippen LogP contribution in [0.1, 0.15) is 66.7 Å². The van der Waals surface area contributed by atoms with Crippen molar-refractivity contribution in [1.29, 1.82) is 0 Å². The molecule has 110 valence electrons. The second-order valence-corrected chi connectivity index (χ2v) is 7.88. The molecule has 0 aromatic heterocycles. The number of aliphatic carboxylic acids is 1. The topological polar surface area (TPSA) is 46.5 Å². The van der Waals surface area contributed by atoms with E-state index in [2.05, 4.69) is 34.6 Å². The molecule has 3 heteroatoms. The van der Waals surface area contributed by atoms with Crippen LogP contribution in [-0.4, -0.2) is 22.3 Å². The van der Waals surface area contributed by atoms with E-state index in [9.17, 15) is 9.90 Å². The maximum absolute atomic E-state index is 12.1. The lowest BCUT2D eigenvalue weighted by Crippen LogP contribution is -2.48. The summed E-state index contributed by atoms with van der Waals surface area (Å²) in [5.41, 5.74) is -1.15. The molecule has 3 atom stereocenters. The molecule has 1 heterocycles. The lowest BCUT2D eigenvalue weighted by atomic mass is 9.58. The van der Waals surface area contributed by atoms with E-state index in [1.807, 2.05) is 0 Å². The van der Waals surface area contributed by atoms with Crippen molar-refractivity contribution in [1.82, 2.24) is 0 Å². The van der Waals surface area contributed by atoms with E-state index in [4.69, 9.17) is 4.74 Å². The summed E-state index contributed by atoms with van der Waals surface area (Å²) < 4.78 is 6.15. The van der Waals surface area contributed by atoms with Gasteiger partial charge in [0.25, 0.3) is 0 Å². The van der Waals surface area contributed by atoms with Gasteiger partial charge in [-0.05, 0) is 52.9 Å². The van der Waals surface area contributed by atoms with Gasteiger partial charge in [-0.3, -0.25) is 4.79 Å². The van der Waals surface area contributed by atoms with Gasteiger partial charge in [0.15, 0.2) is 0 Å². The molecule has 0 aromatic rings. The van der Waals surface area contributed by atoms with Crippen LogP contribution >= 0.6 is 0 Å². The van der Waals surface area contributed by atoms with Gasteiger partial charge in [-0.25, -0.2) is 0 Å². The van der Waals surface area contributed by atoms with E-state index in [1.54, 1.807) is 0 Å². The number of hydrogen-bond donors (Lipinski definition) is 1. The molecule has 1 aliphatic carbocycles. The first kappa shape index (κ1) is 14.8. The molecule has 0 bridgehead atoms. The van der Waals surface area contributed by atoms with Crippen molar-refractivity contribution >= 4 is 5.97 Å². The summed E-state index contributed by atoms with van der Waals surface area (Å²) >= 11 is 0. The van der Waals surface area contributed by atoms with Gasteiger partial charge in [-0.1, -0.05) is 19.8 Å². The van der Waals surface area contributed by atoms with Gasteiger partial charge in [-0.2, -0.15) is 0 Å². The smallest absolute Gasteiger partial charge is 0.310 e. The largest absolute Gasteiger partial charge is 0.481 e. The minimum Gasteiger partial charge on any atom is -0.481 e. The molecule has 0 amide bonds. The van der Waals surface area contributed by atoms with Crippen molar-refractivity contribution < 1.29 is 14.6 Å². The van der Waals surface area contributed by atoms with Crippen LogP contribution in [0, 0.1) is 17.3 Å². The van der Waals surface area contributed by atoms with Gasteiger partial charge in [0.2, 0.25) is 0 Å². The zero-order valence-electron chi connectivity index (χ0n) is 13.0. The molecular weight excluding hydrogens is 240 g/mol. The second kappa shape index (κ2) is 4.47. The summed E-state index contributed by atoms with van der Waals surface area (Å²) in [5.74, 6) is -0.00182. The zero-order chi connectivity index (χ0) is 14.5. The van der Waals surface area contributed by atoms with Crippen molar-refractivity contribution in [3.63, 3.8) is 0 Å². The van der Waals surface area contributed by atoms with E-state index in [1.165, 1.54) is 0 Å². The average molecular weight is 268 g/mol. The highest BCUT2D eigenvalue weighted by Crippen LogP contribution is 2.56. The van der Waals surface area contributed by atoms with E-state index in [0.717, 1.165) is 32.1 Å². The van der Waals surface area contributed by atoms with Crippen molar-refractivity contribution in [3.8, 4) is 0 Å². The van der Waals surface area contributed by atoms with Crippen LogP contribution in [0.3, 0.4) is 0 Å². The van der Waals surface area contributed by atoms with Gasteiger partial charge in [0.1, 0.15) is 0 Å². The third-order valence-corrected chi connectivity index (χ3v) is 5.20. The summed E-state index contributed by atoms with van der Waals surface area (Å²) in [4.78, 5) is 12.1. The second-order valence-electron chi connectivity index (χ2n) is 7.88. The van der Waals surface area contributed by atoms with Gasteiger partial charge < -0.3 is 9.84 Å². The molecule has 1 saturated heterocycles. The van der Waals surface area contributed by atoms with Crippen LogP contribution in [0.4, 0.5) is 0 Å². The third-order valence-electron chi connectivity index (χ3n) is 5.20. The maximum Gasteiger partial charge on any atom is 0.310 e. The van der Waals surface area contributed by atoms with Crippen LogP contribution in [0.2, 0.25) is 0 Å². The lowest BCUT2D eigenvalue weighted by molar-refractivity contribution is -0.163. The van der Waals surface area contributed by atoms with E-state index < -0.39 is 11.4 Å². The van der Waals surface area contributed by atoms with E-state index >= 15 is 0 Å². The Balaban J connectivity index is 2.37. The van der Waals surface area contributed by atoms with Crippen LogP contribution < -0.4 is 0 Å². The maximum atomic E-state index is 12.1. The number of carbonyl (C=O) groups is 1. The summed E-state index contributed by atoms with van der Waals surface area (Å²) in [6.45, 7) is 10.5. The predicted molar refractivity (Wildman–Crippen MR) is 75.1 cm³/mol. The Labute approximate surface area is 116 Å². The first-order chi connectivity index (χ1) is 8.59. The van der Waals surface area contributed by atoms with Crippen LogP contribution in [-0.2, 0) is 9.53 Å². The molecule has 2 rings (SSSR count).